The Morgan fingerprint density at radius 1 is 1.37 bits per heavy atom. The van der Waals surface area contributed by atoms with Gasteiger partial charge in [-0.3, -0.25) is 4.79 Å². The van der Waals surface area contributed by atoms with Crippen molar-refractivity contribution in [2.45, 2.75) is 11.8 Å². The van der Waals surface area contributed by atoms with E-state index in [1.54, 1.807) is 0 Å². The van der Waals surface area contributed by atoms with E-state index in [1.807, 2.05) is 0 Å². The van der Waals surface area contributed by atoms with Gasteiger partial charge >= 0.3 is 5.97 Å². The fraction of sp³-hybridized carbons (Fsp3) is 0.400. The summed E-state index contributed by atoms with van der Waals surface area (Å²) in [7, 11) is -2.33. The minimum Gasteiger partial charge on any atom is -0.477 e. The van der Waals surface area contributed by atoms with Crippen LogP contribution in [0.2, 0.25) is 0 Å². The summed E-state index contributed by atoms with van der Waals surface area (Å²) >= 11 is 0. The van der Waals surface area contributed by atoms with Gasteiger partial charge in [-0.25, -0.2) is 17.9 Å². The molecule has 0 atom stereocenters. The van der Waals surface area contributed by atoms with E-state index in [0.717, 1.165) is 6.07 Å². The number of nitrogens with one attached hydrogen (secondary N) is 2. The van der Waals surface area contributed by atoms with E-state index < -0.39 is 16.0 Å². The van der Waals surface area contributed by atoms with Crippen LogP contribution in [0.5, 0.6) is 0 Å². The maximum absolute atomic E-state index is 11.8. The Labute approximate surface area is 110 Å². The molecule has 8 nitrogen and oxygen atoms in total. The number of carboxylic acid groups (broad SMARTS) is 1. The zero-order valence-corrected chi connectivity index (χ0v) is 11.3. The van der Waals surface area contributed by atoms with E-state index in [-0.39, 0.29) is 29.6 Å². The molecule has 0 bridgehead atoms. The first-order valence-electron chi connectivity index (χ1n) is 5.38. The molecule has 0 saturated heterocycles. The summed E-state index contributed by atoms with van der Waals surface area (Å²) in [5, 5.41) is 11.3. The molecule has 0 unspecified atom stereocenters. The zero-order chi connectivity index (χ0) is 14.6. The van der Waals surface area contributed by atoms with Gasteiger partial charge in [-0.15, -0.1) is 0 Å². The molecule has 0 aliphatic rings. The number of nitrogens with zero attached hydrogens (tertiary/aromatic N) is 1. The molecule has 106 valence electrons. The lowest BCUT2D eigenvalue weighted by Crippen LogP contribution is -2.33. The molecule has 0 saturated carbocycles. The van der Waals surface area contributed by atoms with Crippen molar-refractivity contribution < 1.29 is 23.1 Å². The van der Waals surface area contributed by atoms with Gasteiger partial charge in [0, 0.05) is 33.3 Å². The number of amides is 1. The van der Waals surface area contributed by atoms with Gasteiger partial charge in [-0.1, -0.05) is 0 Å². The predicted octanol–water partition coefficient (Wildman–Crippen LogP) is -0.862. The Hall–Kier alpha value is -1.87. The first kappa shape index (κ1) is 15.2. The number of sulfonamides is 1. The fourth-order valence-electron chi connectivity index (χ4n) is 1.40. The van der Waals surface area contributed by atoms with Gasteiger partial charge in [0.1, 0.15) is 10.6 Å². The molecule has 0 aromatic carbocycles. The fourth-order valence-corrected chi connectivity index (χ4v) is 2.50. The molecular weight excluding hydrogens is 274 g/mol. The number of carbonyl (C=O) groups excluding carboxylic acids is 1. The van der Waals surface area contributed by atoms with Crippen LogP contribution in [0.1, 0.15) is 17.4 Å². The maximum Gasteiger partial charge on any atom is 0.352 e. The second-order valence-corrected chi connectivity index (χ2v) is 5.62. The van der Waals surface area contributed by atoms with E-state index in [1.165, 1.54) is 24.7 Å². The summed E-state index contributed by atoms with van der Waals surface area (Å²) in [6.07, 6.45) is 1.21. The number of carboxylic acids is 1. The Morgan fingerprint density at radius 2 is 2.00 bits per heavy atom. The van der Waals surface area contributed by atoms with Gasteiger partial charge in [0.05, 0.1) is 0 Å². The van der Waals surface area contributed by atoms with Crippen molar-refractivity contribution in [2.24, 2.45) is 7.05 Å². The van der Waals surface area contributed by atoms with E-state index in [0.29, 0.717) is 0 Å². The zero-order valence-electron chi connectivity index (χ0n) is 10.5. The molecule has 0 aliphatic heterocycles. The summed E-state index contributed by atoms with van der Waals surface area (Å²) < 4.78 is 27.1. The number of aromatic nitrogens is 1. The summed E-state index contributed by atoms with van der Waals surface area (Å²) in [4.78, 5) is 21.3. The molecular formula is C10H15N3O5S. The minimum atomic E-state index is -3.78. The summed E-state index contributed by atoms with van der Waals surface area (Å²) in [6.45, 7) is 1.51. The number of hydrogen-bond donors (Lipinski definition) is 3. The third kappa shape index (κ3) is 4.07. The number of carbonyl (C=O) groups is 2. The lowest BCUT2D eigenvalue weighted by molar-refractivity contribution is -0.118. The van der Waals surface area contributed by atoms with Crippen LogP contribution in [0, 0.1) is 0 Å². The third-order valence-electron chi connectivity index (χ3n) is 2.30. The first-order valence-corrected chi connectivity index (χ1v) is 6.86. The van der Waals surface area contributed by atoms with Crippen molar-refractivity contribution >= 4 is 21.9 Å². The van der Waals surface area contributed by atoms with Crippen molar-refractivity contribution in [1.82, 2.24) is 14.6 Å². The van der Waals surface area contributed by atoms with Crippen molar-refractivity contribution in [3.05, 3.63) is 18.0 Å². The second kappa shape index (κ2) is 5.85. The standard InChI is InChI=1S/C10H15N3O5S/c1-7(14)11-3-4-12-19(17,18)8-5-9(10(15)16)13(2)6-8/h5-6,12H,3-4H2,1-2H3,(H,11,14)(H,15,16). The predicted molar refractivity (Wildman–Crippen MR) is 66.2 cm³/mol. The van der Waals surface area contributed by atoms with E-state index in [9.17, 15) is 18.0 Å². The quantitative estimate of drug-likeness (QED) is 0.589. The van der Waals surface area contributed by atoms with E-state index in [4.69, 9.17) is 5.11 Å². The topological polar surface area (TPSA) is 118 Å². The van der Waals surface area contributed by atoms with Crippen LogP contribution in [0.4, 0.5) is 0 Å². The van der Waals surface area contributed by atoms with Crippen LogP contribution >= 0.6 is 0 Å². The normalized spacial score (nSPS) is 11.3. The van der Waals surface area contributed by atoms with Gasteiger partial charge in [0.2, 0.25) is 15.9 Å². The Bertz CT molecular complexity index is 590. The number of hydrogen-bond acceptors (Lipinski definition) is 4. The lowest BCUT2D eigenvalue weighted by Gasteiger charge is -2.05. The Balaban J connectivity index is 2.75. The van der Waals surface area contributed by atoms with Gasteiger partial charge in [-0.05, 0) is 6.07 Å². The monoisotopic (exact) mass is 289 g/mol. The second-order valence-electron chi connectivity index (χ2n) is 3.86. The molecule has 19 heavy (non-hydrogen) atoms. The molecule has 1 rings (SSSR count). The number of aryl methyl sites for hydroxylation is 1. The van der Waals surface area contributed by atoms with Crippen molar-refractivity contribution in [3.8, 4) is 0 Å². The van der Waals surface area contributed by atoms with Gasteiger partial charge < -0.3 is 15.0 Å². The maximum atomic E-state index is 11.8. The molecule has 1 heterocycles. The van der Waals surface area contributed by atoms with E-state index >= 15 is 0 Å². The van der Waals surface area contributed by atoms with Gasteiger partial charge in [-0.2, -0.15) is 0 Å². The third-order valence-corrected chi connectivity index (χ3v) is 3.73. The van der Waals surface area contributed by atoms with Crippen LogP contribution in [-0.4, -0.2) is 43.1 Å². The molecule has 0 radical (unpaired) electrons. The SMILES string of the molecule is CC(=O)NCCNS(=O)(=O)c1cc(C(=O)O)n(C)c1. The van der Waals surface area contributed by atoms with Crippen molar-refractivity contribution in [1.29, 1.82) is 0 Å². The van der Waals surface area contributed by atoms with Crippen molar-refractivity contribution in [3.63, 3.8) is 0 Å². The van der Waals surface area contributed by atoms with Crippen LogP contribution in [0.25, 0.3) is 0 Å². The van der Waals surface area contributed by atoms with Crippen LogP contribution in [0.3, 0.4) is 0 Å². The molecule has 0 spiro atoms. The first-order chi connectivity index (χ1) is 8.74. The number of rotatable bonds is 6. The Kier molecular flexibility index (Phi) is 4.67. The van der Waals surface area contributed by atoms with E-state index in [2.05, 4.69) is 10.0 Å². The average molecular weight is 289 g/mol. The summed E-state index contributed by atoms with van der Waals surface area (Å²) in [6, 6.07) is 1.07. The summed E-state index contributed by atoms with van der Waals surface area (Å²) in [5.74, 6) is -1.46. The highest BCUT2D eigenvalue weighted by Crippen LogP contribution is 2.12. The van der Waals surface area contributed by atoms with Crippen molar-refractivity contribution in [2.75, 3.05) is 13.1 Å². The number of aromatic carboxylic acids is 1. The molecule has 1 aromatic heterocycles. The lowest BCUT2D eigenvalue weighted by atomic mass is 10.4. The summed E-state index contributed by atoms with van der Waals surface area (Å²) in [5.41, 5.74) is -0.123. The van der Waals surface area contributed by atoms with Crippen LogP contribution < -0.4 is 10.0 Å². The van der Waals surface area contributed by atoms with Crippen LogP contribution in [0.15, 0.2) is 17.2 Å². The average Bonchev–Trinajstić information content (AvgIpc) is 2.67. The molecule has 1 aromatic rings. The van der Waals surface area contributed by atoms with Crippen LogP contribution in [-0.2, 0) is 21.9 Å². The highest BCUT2D eigenvalue weighted by atomic mass is 32.2. The molecule has 0 fully saturated rings. The molecule has 1 amide bonds. The highest BCUT2D eigenvalue weighted by Gasteiger charge is 2.19. The Morgan fingerprint density at radius 3 is 2.47 bits per heavy atom. The van der Waals surface area contributed by atoms with Gasteiger partial charge in [0.25, 0.3) is 0 Å². The molecule has 3 N–H and O–H groups in total. The molecule has 9 heteroatoms. The van der Waals surface area contributed by atoms with Gasteiger partial charge in [0.15, 0.2) is 0 Å². The molecule has 0 aliphatic carbocycles. The minimum absolute atomic E-state index is 0.0270. The smallest absolute Gasteiger partial charge is 0.352 e. The largest absolute Gasteiger partial charge is 0.477 e. The highest BCUT2D eigenvalue weighted by molar-refractivity contribution is 7.89.